The number of hydrogen-bond donors (Lipinski definition) is 0. The molecule has 1 fully saturated rings. The zero-order chi connectivity index (χ0) is 11.7. The summed E-state index contributed by atoms with van der Waals surface area (Å²) in [5.41, 5.74) is 1.29. The van der Waals surface area contributed by atoms with Gasteiger partial charge in [0, 0.05) is 11.7 Å². The number of para-hydroxylation sites is 1. The summed E-state index contributed by atoms with van der Waals surface area (Å²) < 4.78 is 5.65. The normalized spacial score (nSPS) is 27.6. The summed E-state index contributed by atoms with van der Waals surface area (Å²) in [5.74, 6) is 3.97. The van der Waals surface area contributed by atoms with Crippen molar-refractivity contribution in [2.75, 3.05) is 18.1 Å². The van der Waals surface area contributed by atoms with E-state index in [1.54, 1.807) is 11.8 Å². The van der Waals surface area contributed by atoms with Crippen LogP contribution in [-0.4, -0.2) is 23.9 Å². The van der Waals surface area contributed by atoms with E-state index in [1.807, 2.05) is 12.1 Å². The summed E-state index contributed by atoms with van der Waals surface area (Å²) in [7, 11) is 0. The van der Waals surface area contributed by atoms with Crippen LogP contribution in [0.2, 0.25) is 0 Å². The van der Waals surface area contributed by atoms with E-state index in [2.05, 4.69) is 12.1 Å². The molecule has 0 N–H and O–H groups in total. The maximum atomic E-state index is 11.7. The summed E-state index contributed by atoms with van der Waals surface area (Å²) in [6, 6.07) is 8.25. The molecule has 1 aromatic carbocycles. The van der Waals surface area contributed by atoms with Crippen LogP contribution in [0.25, 0.3) is 0 Å². The minimum atomic E-state index is 0.274. The van der Waals surface area contributed by atoms with Gasteiger partial charge >= 0.3 is 0 Å². The van der Waals surface area contributed by atoms with E-state index in [1.165, 1.54) is 5.56 Å². The fourth-order valence-corrected chi connectivity index (χ4v) is 3.88. The highest BCUT2D eigenvalue weighted by atomic mass is 32.2. The highest BCUT2D eigenvalue weighted by Gasteiger charge is 2.30. The number of thioether (sulfide) groups is 1. The molecule has 1 aromatic rings. The number of benzene rings is 1. The molecule has 2 unspecified atom stereocenters. The Morgan fingerprint density at radius 3 is 3.00 bits per heavy atom. The quantitative estimate of drug-likeness (QED) is 0.805. The molecule has 17 heavy (non-hydrogen) atoms. The van der Waals surface area contributed by atoms with Crippen LogP contribution in [-0.2, 0) is 4.79 Å². The van der Waals surface area contributed by atoms with Crippen molar-refractivity contribution < 1.29 is 9.53 Å². The number of fused-ring (bicyclic) bond motifs is 1. The van der Waals surface area contributed by atoms with Gasteiger partial charge in [-0.2, -0.15) is 11.8 Å². The molecule has 0 aliphatic carbocycles. The number of carbonyl (C=O) groups excluding carboxylic acids is 1. The van der Waals surface area contributed by atoms with Gasteiger partial charge in [-0.3, -0.25) is 4.79 Å². The number of Topliss-reactive ketones (excluding diaryl/α,β-unsaturated/α-hetero) is 1. The fourth-order valence-electron chi connectivity index (χ4n) is 2.72. The third-order valence-electron chi connectivity index (χ3n) is 3.67. The molecule has 3 rings (SSSR count). The van der Waals surface area contributed by atoms with Crippen molar-refractivity contribution in [2.24, 2.45) is 5.92 Å². The molecule has 0 spiro atoms. The standard InChI is InChI=1S/C14H16O2S/c15-13-9-17-8-11(13)7-10-5-6-16-14-4-2-1-3-12(10)14/h1-4,10-11H,5-9H2. The van der Waals surface area contributed by atoms with Gasteiger partial charge in [-0.1, -0.05) is 18.2 Å². The van der Waals surface area contributed by atoms with Crippen LogP contribution in [0.4, 0.5) is 0 Å². The average molecular weight is 248 g/mol. The smallest absolute Gasteiger partial charge is 0.146 e. The van der Waals surface area contributed by atoms with E-state index < -0.39 is 0 Å². The second-order valence-corrected chi connectivity index (χ2v) is 5.82. The fraction of sp³-hybridized carbons (Fsp3) is 0.500. The van der Waals surface area contributed by atoms with Gasteiger partial charge in [0.2, 0.25) is 0 Å². The lowest BCUT2D eigenvalue weighted by atomic mass is 9.84. The summed E-state index contributed by atoms with van der Waals surface area (Å²) in [5, 5.41) is 0. The molecule has 90 valence electrons. The second-order valence-electron chi connectivity index (χ2n) is 4.79. The Bertz CT molecular complexity index is 430. The first-order chi connectivity index (χ1) is 8.34. The lowest BCUT2D eigenvalue weighted by Crippen LogP contribution is -2.20. The van der Waals surface area contributed by atoms with Gasteiger partial charge < -0.3 is 4.74 Å². The van der Waals surface area contributed by atoms with Crippen molar-refractivity contribution in [3.8, 4) is 5.75 Å². The van der Waals surface area contributed by atoms with Crippen LogP contribution >= 0.6 is 11.8 Å². The average Bonchev–Trinajstić information content (AvgIpc) is 2.76. The van der Waals surface area contributed by atoms with E-state index in [-0.39, 0.29) is 5.92 Å². The van der Waals surface area contributed by atoms with Crippen LogP contribution in [0.1, 0.15) is 24.3 Å². The number of rotatable bonds is 2. The first-order valence-corrected chi connectivity index (χ1v) is 7.32. The highest BCUT2D eigenvalue weighted by Crippen LogP contribution is 2.39. The van der Waals surface area contributed by atoms with Crippen molar-refractivity contribution in [2.45, 2.75) is 18.8 Å². The number of carbonyl (C=O) groups is 1. The Hall–Kier alpha value is -0.960. The van der Waals surface area contributed by atoms with Crippen molar-refractivity contribution in [3.63, 3.8) is 0 Å². The SMILES string of the molecule is O=C1CSCC1CC1CCOc2ccccc21. The third kappa shape index (κ3) is 2.21. The summed E-state index contributed by atoms with van der Waals surface area (Å²) >= 11 is 1.78. The first kappa shape index (κ1) is 11.1. The Labute approximate surface area is 106 Å². The minimum absolute atomic E-state index is 0.274. The van der Waals surface area contributed by atoms with Gasteiger partial charge in [0.05, 0.1) is 12.4 Å². The Kier molecular flexibility index (Phi) is 3.10. The highest BCUT2D eigenvalue weighted by molar-refractivity contribution is 8.00. The van der Waals surface area contributed by atoms with Gasteiger partial charge in [0.15, 0.2) is 0 Å². The zero-order valence-electron chi connectivity index (χ0n) is 9.72. The summed E-state index contributed by atoms with van der Waals surface area (Å²) in [6.45, 7) is 0.787. The topological polar surface area (TPSA) is 26.3 Å². The monoisotopic (exact) mass is 248 g/mol. The predicted octanol–water partition coefficient (Wildman–Crippen LogP) is 2.87. The lowest BCUT2D eigenvalue weighted by molar-refractivity contribution is -0.119. The van der Waals surface area contributed by atoms with Crippen molar-refractivity contribution in [1.29, 1.82) is 0 Å². The first-order valence-electron chi connectivity index (χ1n) is 6.17. The predicted molar refractivity (Wildman–Crippen MR) is 69.7 cm³/mol. The van der Waals surface area contributed by atoms with Gasteiger partial charge in [-0.15, -0.1) is 0 Å². The molecule has 0 saturated carbocycles. The van der Waals surface area contributed by atoms with E-state index in [0.29, 0.717) is 11.7 Å². The summed E-state index contributed by atoms with van der Waals surface area (Å²) in [6.07, 6.45) is 2.05. The molecule has 0 amide bonds. The molecule has 1 saturated heterocycles. The van der Waals surface area contributed by atoms with Gasteiger partial charge in [0.1, 0.15) is 11.5 Å². The largest absolute Gasteiger partial charge is 0.493 e. The van der Waals surface area contributed by atoms with Crippen molar-refractivity contribution in [3.05, 3.63) is 29.8 Å². The van der Waals surface area contributed by atoms with Gasteiger partial charge in [-0.25, -0.2) is 0 Å². The van der Waals surface area contributed by atoms with Crippen LogP contribution in [0.3, 0.4) is 0 Å². The molecule has 0 radical (unpaired) electrons. The number of hydrogen-bond acceptors (Lipinski definition) is 3. The van der Waals surface area contributed by atoms with Crippen LogP contribution < -0.4 is 4.74 Å². The maximum absolute atomic E-state index is 11.7. The van der Waals surface area contributed by atoms with Crippen LogP contribution in [0.15, 0.2) is 24.3 Å². The molecule has 0 aromatic heterocycles. The van der Waals surface area contributed by atoms with E-state index in [9.17, 15) is 4.79 Å². The van der Waals surface area contributed by atoms with Gasteiger partial charge in [0.25, 0.3) is 0 Å². The molecule has 2 aliphatic rings. The Morgan fingerprint density at radius 2 is 2.18 bits per heavy atom. The maximum Gasteiger partial charge on any atom is 0.146 e. The third-order valence-corrected chi connectivity index (χ3v) is 4.80. The molecule has 2 nitrogen and oxygen atoms in total. The molecule has 3 heteroatoms. The van der Waals surface area contributed by atoms with Crippen molar-refractivity contribution in [1.82, 2.24) is 0 Å². The van der Waals surface area contributed by atoms with Crippen LogP contribution in [0, 0.1) is 5.92 Å². The van der Waals surface area contributed by atoms with Crippen molar-refractivity contribution >= 4 is 17.5 Å². The van der Waals surface area contributed by atoms with Gasteiger partial charge in [-0.05, 0) is 30.4 Å². The molecular weight excluding hydrogens is 232 g/mol. The molecular formula is C14H16O2S. The van der Waals surface area contributed by atoms with E-state index in [0.717, 1.165) is 36.7 Å². The molecule has 2 heterocycles. The number of ether oxygens (including phenoxy) is 1. The summed E-state index contributed by atoms with van der Waals surface area (Å²) in [4.78, 5) is 11.7. The number of ketones is 1. The zero-order valence-corrected chi connectivity index (χ0v) is 10.5. The second kappa shape index (κ2) is 4.73. The molecule has 0 bridgehead atoms. The Balaban J connectivity index is 1.78. The Morgan fingerprint density at radius 1 is 1.29 bits per heavy atom. The lowest BCUT2D eigenvalue weighted by Gasteiger charge is -2.27. The van der Waals surface area contributed by atoms with E-state index in [4.69, 9.17) is 4.74 Å². The van der Waals surface area contributed by atoms with Crippen LogP contribution in [0.5, 0.6) is 5.75 Å². The molecule has 2 atom stereocenters. The molecule has 2 aliphatic heterocycles. The minimum Gasteiger partial charge on any atom is -0.493 e. The van der Waals surface area contributed by atoms with E-state index >= 15 is 0 Å².